The Kier molecular flexibility index (Phi) is 9.44. The SMILES string of the molecule is CC(C)(C)OC(=O)N[C@H](/C=C/C(=O)O)CCC(=O)NC(c1ccccc1)(c1ccccc1)c1ccccc1. The summed E-state index contributed by atoms with van der Waals surface area (Å²) in [6.07, 6.45) is 1.80. The molecule has 1 atom stereocenters. The van der Waals surface area contributed by atoms with Crippen molar-refractivity contribution in [3.8, 4) is 0 Å². The number of hydrogen-bond acceptors (Lipinski definition) is 4. The number of carboxylic acids is 1. The molecule has 0 unspecified atom stereocenters. The number of carbonyl (C=O) groups is 3. The fraction of sp³-hybridized carbons (Fsp3) is 0.258. The highest BCUT2D eigenvalue weighted by Crippen LogP contribution is 2.36. The number of nitrogens with one attached hydrogen (secondary N) is 2. The number of ether oxygens (including phenoxy) is 1. The Morgan fingerprint density at radius 1 is 0.816 bits per heavy atom. The van der Waals surface area contributed by atoms with Crippen LogP contribution in [-0.2, 0) is 19.9 Å². The average Bonchev–Trinajstić information content (AvgIpc) is 2.89. The highest BCUT2D eigenvalue weighted by molar-refractivity contribution is 5.81. The van der Waals surface area contributed by atoms with Gasteiger partial charge in [0.05, 0.1) is 6.04 Å². The van der Waals surface area contributed by atoms with E-state index >= 15 is 0 Å². The summed E-state index contributed by atoms with van der Waals surface area (Å²) in [5.74, 6) is -1.41. The van der Waals surface area contributed by atoms with Crippen molar-refractivity contribution >= 4 is 18.0 Å². The molecule has 3 aromatic carbocycles. The van der Waals surface area contributed by atoms with Gasteiger partial charge in [-0.15, -0.1) is 0 Å². The summed E-state index contributed by atoms with van der Waals surface area (Å²) >= 11 is 0. The summed E-state index contributed by atoms with van der Waals surface area (Å²) in [6, 6.07) is 28.5. The summed E-state index contributed by atoms with van der Waals surface area (Å²) in [7, 11) is 0. The number of rotatable bonds is 10. The van der Waals surface area contributed by atoms with Crippen LogP contribution in [0.5, 0.6) is 0 Å². The van der Waals surface area contributed by atoms with E-state index in [0.29, 0.717) is 0 Å². The van der Waals surface area contributed by atoms with Gasteiger partial charge in [-0.2, -0.15) is 0 Å². The maximum absolute atomic E-state index is 13.5. The van der Waals surface area contributed by atoms with Gasteiger partial charge < -0.3 is 20.5 Å². The highest BCUT2D eigenvalue weighted by atomic mass is 16.6. The predicted octanol–water partition coefficient (Wildman–Crippen LogP) is 5.41. The molecule has 0 spiro atoms. The van der Waals surface area contributed by atoms with Gasteiger partial charge in [-0.25, -0.2) is 9.59 Å². The summed E-state index contributed by atoms with van der Waals surface area (Å²) in [5.41, 5.74) is 0.981. The molecule has 0 aromatic heterocycles. The van der Waals surface area contributed by atoms with Crippen LogP contribution in [-0.4, -0.2) is 34.7 Å². The predicted molar refractivity (Wildman–Crippen MR) is 147 cm³/mol. The van der Waals surface area contributed by atoms with Crippen molar-refractivity contribution in [1.29, 1.82) is 0 Å². The number of amides is 2. The van der Waals surface area contributed by atoms with Gasteiger partial charge in [0, 0.05) is 12.5 Å². The molecule has 0 aliphatic rings. The van der Waals surface area contributed by atoms with Gasteiger partial charge in [0.15, 0.2) is 0 Å². The second-order valence-electron chi connectivity index (χ2n) is 9.89. The van der Waals surface area contributed by atoms with Crippen LogP contribution in [0.1, 0.15) is 50.3 Å². The monoisotopic (exact) mass is 514 g/mol. The van der Waals surface area contributed by atoms with Gasteiger partial charge >= 0.3 is 12.1 Å². The second kappa shape index (κ2) is 12.7. The van der Waals surface area contributed by atoms with E-state index in [-0.39, 0.29) is 18.7 Å². The van der Waals surface area contributed by atoms with Crippen LogP contribution in [0, 0.1) is 0 Å². The third-order valence-corrected chi connectivity index (χ3v) is 5.80. The lowest BCUT2D eigenvalue weighted by Crippen LogP contribution is -2.48. The Morgan fingerprint density at radius 3 is 1.66 bits per heavy atom. The molecular weight excluding hydrogens is 480 g/mol. The molecule has 7 heteroatoms. The lowest BCUT2D eigenvalue weighted by atomic mass is 9.77. The fourth-order valence-electron chi connectivity index (χ4n) is 4.21. The number of benzene rings is 3. The molecule has 2 amide bonds. The van der Waals surface area contributed by atoms with E-state index in [0.717, 1.165) is 22.8 Å². The van der Waals surface area contributed by atoms with Crippen molar-refractivity contribution in [1.82, 2.24) is 10.6 Å². The standard InChI is InChI=1S/C31H34N2O5/c1-30(2,3)38-29(37)32-26(20-22-28(35)36)19-21-27(34)33-31(23-13-7-4-8-14-23,24-15-9-5-10-16-24)25-17-11-6-12-18-25/h4-18,20,22,26H,19,21H2,1-3H3,(H,32,37)(H,33,34)(H,35,36)/b22-20+/t26-/m0/s1. The van der Waals surface area contributed by atoms with Crippen molar-refractivity contribution < 1.29 is 24.2 Å². The Morgan fingerprint density at radius 2 is 1.26 bits per heavy atom. The zero-order chi connectivity index (χ0) is 27.6. The van der Waals surface area contributed by atoms with Crippen molar-refractivity contribution in [2.45, 2.75) is 50.8 Å². The van der Waals surface area contributed by atoms with E-state index < -0.39 is 29.2 Å². The minimum Gasteiger partial charge on any atom is -0.478 e. The zero-order valence-corrected chi connectivity index (χ0v) is 21.9. The van der Waals surface area contributed by atoms with Gasteiger partial charge in [0.1, 0.15) is 11.1 Å². The van der Waals surface area contributed by atoms with Crippen LogP contribution in [0.2, 0.25) is 0 Å². The van der Waals surface area contributed by atoms with E-state index in [9.17, 15) is 14.4 Å². The maximum Gasteiger partial charge on any atom is 0.408 e. The fourth-order valence-corrected chi connectivity index (χ4v) is 4.21. The third kappa shape index (κ3) is 7.80. The molecule has 0 saturated carbocycles. The van der Waals surface area contributed by atoms with Gasteiger partial charge in [0.2, 0.25) is 5.91 Å². The lowest BCUT2D eigenvalue weighted by molar-refractivity contribution is -0.131. The summed E-state index contributed by atoms with van der Waals surface area (Å²) < 4.78 is 5.30. The van der Waals surface area contributed by atoms with Crippen molar-refractivity contribution in [3.05, 3.63) is 120 Å². The van der Waals surface area contributed by atoms with E-state index in [1.54, 1.807) is 20.8 Å². The Labute approximate surface area is 223 Å². The zero-order valence-electron chi connectivity index (χ0n) is 21.9. The van der Waals surface area contributed by atoms with Crippen LogP contribution >= 0.6 is 0 Å². The van der Waals surface area contributed by atoms with Crippen molar-refractivity contribution in [2.24, 2.45) is 0 Å². The Balaban J connectivity index is 1.91. The Hall–Kier alpha value is -4.39. The molecule has 3 rings (SSSR count). The molecule has 0 heterocycles. The largest absolute Gasteiger partial charge is 0.478 e. The molecule has 3 aromatic rings. The smallest absolute Gasteiger partial charge is 0.408 e. The first kappa shape index (κ1) is 28.2. The molecule has 0 fully saturated rings. The number of hydrogen-bond donors (Lipinski definition) is 3. The van der Waals surface area contributed by atoms with E-state index in [1.165, 1.54) is 6.08 Å². The van der Waals surface area contributed by atoms with E-state index in [1.807, 2.05) is 91.0 Å². The summed E-state index contributed by atoms with van der Waals surface area (Å²) in [5, 5.41) is 15.0. The lowest BCUT2D eigenvalue weighted by Gasteiger charge is -2.37. The first-order chi connectivity index (χ1) is 18.1. The van der Waals surface area contributed by atoms with Crippen LogP contribution < -0.4 is 10.6 Å². The minimum absolute atomic E-state index is 0.0265. The highest BCUT2D eigenvalue weighted by Gasteiger charge is 2.37. The molecule has 198 valence electrons. The quantitative estimate of drug-likeness (QED) is 0.248. The molecule has 0 aliphatic carbocycles. The normalized spacial score (nSPS) is 12.5. The average molecular weight is 515 g/mol. The molecule has 7 nitrogen and oxygen atoms in total. The molecular formula is C31H34N2O5. The first-order valence-corrected chi connectivity index (χ1v) is 12.5. The van der Waals surface area contributed by atoms with Crippen LogP contribution in [0.15, 0.2) is 103 Å². The number of aliphatic carboxylic acids is 1. The summed E-state index contributed by atoms with van der Waals surface area (Å²) in [6.45, 7) is 5.20. The minimum atomic E-state index is -1.15. The number of carbonyl (C=O) groups excluding carboxylic acids is 2. The second-order valence-corrected chi connectivity index (χ2v) is 9.89. The van der Waals surface area contributed by atoms with Crippen molar-refractivity contribution in [3.63, 3.8) is 0 Å². The first-order valence-electron chi connectivity index (χ1n) is 12.5. The van der Waals surface area contributed by atoms with E-state index in [2.05, 4.69) is 10.6 Å². The van der Waals surface area contributed by atoms with E-state index in [4.69, 9.17) is 9.84 Å². The molecule has 0 bridgehead atoms. The van der Waals surface area contributed by atoms with Crippen LogP contribution in [0.25, 0.3) is 0 Å². The number of alkyl carbamates (subject to hydrolysis) is 1. The van der Waals surface area contributed by atoms with Gasteiger partial charge in [-0.05, 0) is 43.9 Å². The summed E-state index contributed by atoms with van der Waals surface area (Å²) in [4.78, 5) is 37.0. The van der Waals surface area contributed by atoms with Gasteiger partial charge in [0.25, 0.3) is 0 Å². The topological polar surface area (TPSA) is 105 Å². The Bertz CT molecular complexity index is 1140. The van der Waals surface area contributed by atoms with Gasteiger partial charge in [-0.1, -0.05) is 97.1 Å². The van der Waals surface area contributed by atoms with Crippen LogP contribution in [0.4, 0.5) is 4.79 Å². The molecule has 0 saturated heterocycles. The van der Waals surface area contributed by atoms with Crippen molar-refractivity contribution in [2.75, 3.05) is 0 Å². The van der Waals surface area contributed by atoms with Crippen LogP contribution in [0.3, 0.4) is 0 Å². The van der Waals surface area contributed by atoms with Gasteiger partial charge in [-0.3, -0.25) is 4.79 Å². The molecule has 38 heavy (non-hydrogen) atoms. The maximum atomic E-state index is 13.5. The molecule has 3 N–H and O–H groups in total. The number of carboxylic acid groups (broad SMARTS) is 1. The molecule has 0 radical (unpaired) electrons. The third-order valence-electron chi connectivity index (χ3n) is 5.80. The molecule has 0 aliphatic heterocycles.